The highest BCUT2D eigenvalue weighted by Crippen LogP contribution is 2.36. The Morgan fingerprint density at radius 3 is 2.93 bits per heavy atom. The van der Waals surface area contributed by atoms with Crippen molar-refractivity contribution in [2.75, 3.05) is 24.5 Å². The van der Waals surface area contributed by atoms with Gasteiger partial charge in [-0.25, -0.2) is 0 Å². The Morgan fingerprint density at radius 1 is 1.39 bits per heavy atom. The van der Waals surface area contributed by atoms with Gasteiger partial charge in [0.05, 0.1) is 35.8 Å². The molecule has 3 aliphatic heterocycles. The lowest BCUT2D eigenvalue weighted by atomic mass is 10.1. The van der Waals surface area contributed by atoms with Crippen LogP contribution in [0.5, 0.6) is 0 Å². The molecule has 0 radical (unpaired) electrons. The third-order valence-corrected chi connectivity index (χ3v) is 6.15. The molecule has 144 valence electrons. The highest BCUT2D eigenvalue weighted by molar-refractivity contribution is 6.01. The number of amides is 1. The van der Waals surface area contributed by atoms with E-state index >= 15 is 0 Å². The second kappa shape index (κ2) is 7.27. The quantitative estimate of drug-likeness (QED) is 0.828. The van der Waals surface area contributed by atoms with Crippen molar-refractivity contribution in [3.05, 3.63) is 42.1 Å². The van der Waals surface area contributed by atoms with Gasteiger partial charge >= 0.3 is 0 Å². The van der Waals surface area contributed by atoms with Gasteiger partial charge in [-0.3, -0.25) is 9.69 Å². The highest BCUT2D eigenvalue weighted by Gasteiger charge is 2.50. The van der Waals surface area contributed by atoms with E-state index in [1.807, 2.05) is 21.9 Å². The van der Waals surface area contributed by atoms with Crippen LogP contribution in [0.15, 0.2) is 36.5 Å². The molecule has 4 rings (SSSR count). The first-order chi connectivity index (χ1) is 13.5. The smallest absolute Gasteiger partial charge is 0.244 e. The third-order valence-electron chi connectivity index (χ3n) is 6.15. The fourth-order valence-electron chi connectivity index (χ4n) is 4.74. The van der Waals surface area contributed by atoms with Crippen molar-refractivity contribution in [3.63, 3.8) is 0 Å². The molecule has 3 fully saturated rings. The van der Waals surface area contributed by atoms with Crippen LogP contribution in [0.1, 0.15) is 24.8 Å². The van der Waals surface area contributed by atoms with Gasteiger partial charge in [0, 0.05) is 31.0 Å². The van der Waals surface area contributed by atoms with Crippen LogP contribution in [0.4, 0.5) is 5.69 Å². The molecule has 0 saturated carbocycles. The standard InChI is InChI=1S/C21H24N6O/c1-14(26-7-3-6-17(26)11-23)19(24)13-25-12-18-9-20(25)21(28)27(18)16-5-2-4-15(8-16)10-22/h2,4-5,8,17-20H,1,3,6-7,9,12-13,24H2/t17?,18?,19-,20?/m0/s1. The maximum Gasteiger partial charge on any atom is 0.244 e. The van der Waals surface area contributed by atoms with Gasteiger partial charge in [-0.2, -0.15) is 10.5 Å². The largest absolute Gasteiger partial charge is 0.358 e. The Labute approximate surface area is 165 Å². The lowest BCUT2D eigenvalue weighted by Gasteiger charge is -2.36. The van der Waals surface area contributed by atoms with Gasteiger partial charge in [-0.05, 0) is 37.5 Å². The van der Waals surface area contributed by atoms with Crippen LogP contribution in [-0.4, -0.2) is 59.5 Å². The fourth-order valence-corrected chi connectivity index (χ4v) is 4.74. The predicted molar refractivity (Wildman–Crippen MR) is 105 cm³/mol. The van der Waals surface area contributed by atoms with Crippen LogP contribution in [0.2, 0.25) is 0 Å². The molecular formula is C21H24N6O. The van der Waals surface area contributed by atoms with Gasteiger partial charge < -0.3 is 15.5 Å². The maximum absolute atomic E-state index is 13.0. The molecule has 7 heteroatoms. The summed E-state index contributed by atoms with van der Waals surface area (Å²) >= 11 is 0. The van der Waals surface area contributed by atoms with E-state index < -0.39 is 0 Å². The van der Waals surface area contributed by atoms with Crippen LogP contribution in [-0.2, 0) is 4.79 Å². The number of rotatable bonds is 5. The second-order valence-electron chi connectivity index (χ2n) is 7.81. The number of likely N-dealkylation sites (tertiary alicyclic amines) is 2. The summed E-state index contributed by atoms with van der Waals surface area (Å²) in [6.45, 7) is 6.28. The molecule has 2 N–H and O–H groups in total. The number of nitrogens with two attached hydrogens (primary N) is 1. The molecule has 4 atom stereocenters. The number of hydrogen-bond acceptors (Lipinski definition) is 6. The Bertz CT molecular complexity index is 884. The molecule has 1 aromatic carbocycles. The summed E-state index contributed by atoms with van der Waals surface area (Å²) in [6.07, 6.45) is 2.61. The van der Waals surface area contributed by atoms with Crippen LogP contribution in [0, 0.1) is 22.7 Å². The molecule has 0 spiro atoms. The number of carbonyl (C=O) groups excluding carboxylic acids is 1. The van der Waals surface area contributed by atoms with Gasteiger partial charge in [0.15, 0.2) is 0 Å². The molecule has 0 aliphatic carbocycles. The summed E-state index contributed by atoms with van der Waals surface area (Å²) < 4.78 is 0. The summed E-state index contributed by atoms with van der Waals surface area (Å²) in [6, 6.07) is 11.1. The number of benzene rings is 1. The first-order valence-corrected chi connectivity index (χ1v) is 9.71. The average molecular weight is 376 g/mol. The van der Waals surface area contributed by atoms with E-state index in [-0.39, 0.29) is 30.1 Å². The Hall–Kier alpha value is -2.87. The monoisotopic (exact) mass is 376 g/mol. The number of piperazine rings is 1. The van der Waals surface area contributed by atoms with E-state index in [4.69, 9.17) is 11.0 Å². The summed E-state index contributed by atoms with van der Waals surface area (Å²) in [5, 5.41) is 18.4. The first-order valence-electron chi connectivity index (χ1n) is 9.71. The van der Waals surface area contributed by atoms with Crippen LogP contribution < -0.4 is 10.6 Å². The third kappa shape index (κ3) is 3.03. The van der Waals surface area contributed by atoms with E-state index in [1.54, 1.807) is 12.1 Å². The Balaban J connectivity index is 1.42. The number of anilines is 1. The first kappa shape index (κ1) is 18.5. The molecule has 7 nitrogen and oxygen atoms in total. The Kier molecular flexibility index (Phi) is 4.80. The molecule has 1 amide bonds. The number of nitrogens with zero attached hydrogens (tertiary/aromatic N) is 5. The lowest BCUT2D eigenvalue weighted by Crippen LogP contribution is -2.54. The number of nitriles is 2. The number of hydrogen-bond donors (Lipinski definition) is 1. The maximum atomic E-state index is 13.0. The molecule has 0 aromatic heterocycles. The van der Waals surface area contributed by atoms with Crippen molar-refractivity contribution in [3.8, 4) is 12.1 Å². The lowest BCUT2D eigenvalue weighted by molar-refractivity contribution is -0.122. The van der Waals surface area contributed by atoms with Crippen molar-refractivity contribution >= 4 is 11.6 Å². The minimum atomic E-state index is -0.295. The van der Waals surface area contributed by atoms with E-state index in [0.29, 0.717) is 12.1 Å². The van der Waals surface area contributed by atoms with Gasteiger partial charge in [0.25, 0.3) is 0 Å². The summed E-state index contributed by atoms with van der Waals surface area (Å²) in [5.41, 5.74) is 8.54. The summed E-state index contributed by atoms with van der Waals surface area (Å²) in [4.78, 5) is 19.0. The van der Waals surface area contributed by atoms with E-state index in [0.717, 1.165) is 43.7 Å². The van der Waals surface area contributed by atoms with E-state index in [2.05, 4.69) is 23.6 Å². The molecular weight excluding hydrogens is 352 g/mol. The van der Waals surface area contributed by atoms with Crippen LogP contribution in [0.3, 0.4) is 0 Å². The number of carbonyl (C=O) groups is 1. The fraction of sp³-hybridized carbons (Fsp3) is 0.476. The van der Waals surface area contributed by atoms with Crippen LogP contribution in [0.25, 0.3) is 0 Å². The molecule has 3 aliphatic rings. The van der Waals surface area contributed by atoms with Gasteiger partial charge in [0.2, 0.25) is 5.91 Å². The molecule has 2 bridgehead atoms. The summed E-state index contributed by atoms with van der Waals surface area (Å²) in [5.74, 6) is 0.0697. The molecule has 1 aromatic rings. The van der Waals surface area contributed by atoms with Gasteiger partial charge in [-0.15, -0.1) is 0 Å². The van der Waals surface area contributed by atoms with Crippen molar-refractivity contribution in [1.82, 2.24) is 9.80 Å². The van der Waals surface area contributed by atoms with E-state index in [9.17, 15) is 10.1 Å². The number of fused-ring (bicyclic) bond motifs is 2. The van der Waals surface area contributed by atoms with Crippen molar-refractivity contribution in [2.24, 2.45) is 5.73 Å². The summed E-state index contributed by atoms with van der Waals surface area (Å²) in [7, 11) is 0. The minimum Gasteiger partial charge on any atom is -0.358 e. The highest BCUT2D eigenvalue weighted by atomic mass is 16.2. The van der Waals surface area contributed by atoms with Crippen LogP contribution >= 0.6 is 0 Å². The average Bonchev–Trinajstić information content (AvgIpc) is 3.41. The minimum absolute atomic E-state index is 0.0697. The Morgan fingerprint density at radius 2 is 2.21 bits per heavy atom. The van der Waals surface area contributed by atoms with E-state index in [1.165, 1.54) is 0 Å². The van der Waals surface area contributed by atoms with Crippen molar-refractivity contribution < 1.29 is 4.79 Å². The molecule has 3 unspecified atom stereocenters. The SMILES string of the molecule is C=C([C@@H](N)CN1CC2CC1C(=O)N2c1cccc(C#N)c1)N1CCCC1C#N. The molecule has 3 saturated heterocycles. The molecule has 3 heterocycles. The van der Waals surface area contributed by atoms with Crippen molar-refractivity contribution in [1.29, 1.82) is 10.5 Å². The topological polar surface area (TPSA) is 100 Å². The normalized spacial score (nSPS) is 27.7. The van der Waals surface area contributed by atoms with Gasteiger partial charge in [-0.1, -0.05) is 12.6 Å². The zero-order chi connectivity index (χ0) is 19.8. The zero-order valence-electron chi connectivity index (χ0n) is 15.8. The second-order valence-corrected chi connectivity index (χ2v) is 7.81. The molecule has 28 heavy (non-hydrogen) atoms. The zero-order valence-corrected chi connectivity index (χ0v) is 15.8. The predicted octanol–water partition coefficient (Wildman–Crippen LogP) is 1.18. The van der Waals surface area contributed by atoms with Crippen molar-refractivity contribution in [2.45, 2.75) is 43.4 Å². The van der Waals surface area contributed by atoms with Gasteiger partial charge in [0.1, 0.15) is 6.04 Å².